The summed E-state index contributed by atoms with van der Waals surface area (Å²) in [6, 6.07) is 34.5. The number of ether oxygens (including phenoxy) is 4. The van der Waals surface area contributed by atoms with Gasteiger partial charge in [-0.05, 0) is 116 Å². The fourth-order valence-electron chi connectivity index (χ4n) is 11.7. The fourth-order valence-corrected chi connectivity index (χ4v) is 11.7. The van der Waals surface area contributed by atoms with Gasteiger partial charge in [0.2, 0.25) is 0 Å². The van der Waals surface area contributed by atoms with E-state index >= 15 is 0 Å². The van der Waals surface area contributed by atoms with Crippen LogP contribution in [-0.2, 0) is 57.8 Å². The van der Waals surface area contributed by atoms with Crippen molar-refractivity contribution in [2.75, 3.05) is 26.3 Å². The maximum Gasteiger partial charge on any atom is 0.410 e. The molecule has 2 saturated heterocycles. The lowest BCUT2D eigenvalue weighted by Gasteiger charge is -2.27. The van der Waals surface area contributed by atoms with Crippen molar-refractivity contribution in [2.24, 2.45) is 0 Å². The molecule has 4 heterocycles. The lowest BCUT2D eigenvalue weighted by Crippen LogP contribution is -2.54. The van der Waals surface area contributed by atoms with Gasteiger partial charge in [0.15, 0.2) is 0 Å². The van der Waals surface area contributed by atoms with Gasteiger partial charge >= 0.3 is 36.1 Å². The summed E-state index contributed by atoms with van der Waals surface area (Å²) in [6.07, 6.45) is 1.42. The molecule has 2 fully saturated rings. The fraction of sp³-hybridized carbons (Fsp3) is 0.377. The molecule has 0 spiro atoms. The highest BCUT2D eigenvalue weighted by molar-refractivity contribution is 5.90. The molecule has 2 amide bonds. The van der Waals surface area contributed by atoms with Gasteiger partial charge < -0.3 is 38.7 Å². The predicted octanol–water partition coefficient (Wildman–Crippen LogP) is 8.42. The van der Waals surface area contributed by atoms with Crippen LogP contribution >= 0.6 is 0 Å². The molecule has 4 aromatic carbocycles. The first-order chi connectivity index (χ1) is 37.6. The lowest BCUT2D eigenvalue weighted by molar-refractivity contribution is -0.161. The number of aliphatic carboxylic acids is 2. The van der Waals surface area contributed by atoms with E-state index in [0.29, 0.717) is 6.54 Å². The van der Waals surface area contributed by atoms with Gasteiger partial charge in [-0.3, -0.25) is 30.0 Å². The van der Waals surface area contributed by atoms with Gasteiger partial charge in [0.1, 0.15) is 47.6 Å². The molecule has 5 N–H and O–H groups in total. The predicted molar refractivity (Wildman–Crippen MR) is 291 cm³/mol. The number of fused-ring (bicyclic) bond motifs is 6. The summed E-state index contributed by atoms with van der Waals surface area (Å²) < 4.78 is 25.6. The second kappa shape index (κ2) is 21.2. The van der Waals surface area contributed by atoms with Gasteiger partial charge in [0.25, 0.3) is 0 Å². The van der Waals surface area contributed by atoms with Crippen LogP contribution in [0.2, 0.25) is 0 Å². The number of carboxylic acids is 2. The molecular weight excluding hydrogens is 1010 g/mol. The summed E-state index contributed by atoms with van der Waals surface area (Å²) in [6.45, 7) is 9.93. The number of esters is 2. The van der Waals surface area contributed by atoms with Crippen LogP contribution < -0.4 is 10.6 Å². The Morgan fingerprint density at radius 2 is 1.06 bits per heavy atom. The van der Waals surface area contributed by atoms with Crippen molar-refractivity contribution in [3.63, 3.8) is 0 Å². The minimum atomic E-state index is -1.77. The van der Waals surface area contributed by atoms with Crippen molar-refractivity contribution < 1.29 is 57.9 Å². The topological polar surface area (TPSA) is 231 Å². The number of aromatic nitrogens is 2. The number of carboxylic acid groups (broad SMARTS) is 2. The number of carbonyl (C=O) groups excluding carboxylic acids is 4. The number of hydrogen-bond donors (Lipinski definition) is 5. The third-order valence-corrected chi connectivity index (χ3v) is 15.4. The number of carbonyl (C=O) groups is 6. The molecule has 2 aromatic heterocycles. The molecule has 10 rings (SSSR count). The smallest absolute Gasteiger partial charge is 0.410 e. The molecule has 2 aliphatic carbocycles. The van der Waals surface area contributed by atoms with E-state index in [0.717, 1.165) is 66.4 Å². The molecule has 79 heavy (non-hydrogen) atoms. The summed E-state index contributed by atoms with van der Waals surface area (Å²) >= 11 is 0. The highest BCUT2D eigenvalue weighted by atomic mass is 16.6. The molecular formula is C61H66N6O12. The van der Waals surface area contributed by atoms with Crippen molar-refractivity contribution >= 4 is 36.1 Å². The molecule has 0 bridgehead atoms. The highest BCUT2D eigenvalue weighted by Gasteiger charge is 2.57. The Bertz CT molecular complexity index is 3270. The van der Waals surface area contributed by atoms with Gasteiger partial charge in [-0.25, -0.2) is 19.2 Å². The van der Waals surface area contributed by atoms with Crippen LogP contribution in [0.1, 0.15) is 105 Å². The molecule has 0 radical (unpaired) electrons. The monoisotopic (exact) mass is 1070 g/mol. The first kappa shape index (κ1) is 54.1. The van der Waals surface area contributed by atoms with E-state index in [-0.39, 0.29) is 58.2 Å². The molecule has 18 nitrogen and oxygen atoms in total. The summed E-state index contributed by atoms with van der Waals surface area (Å²) in [7, 11) is 0. The van der Waals surface area contributed by atoms with Gasteiger partial charge in [0, 0.05) is 68.1 Å². The SMILES string of the molecule is CC(C)(C)OC(=O)C1CC(NCc2cccn2Cc2cccc3c2-c2ccccc2C3COC(=O)N2CC(NCc3ccc[nH]3)(C(=O)O)CC2C(=O)OC(C)(C)C)(C(=O)O)CN1C(=O)OCC1c2ccccc2-c2ccccc21. The quantitative estimate of drug-likeness (QED) is 0.0453. The number of H-pyrrole nitrogens is 1. The second-order valence-electron chi connectivity index (χ2n) is 23.0. The minimum absolute atomic E-state index is 0.0251. The zero-order chi connectivity index (χ0) is 56.0. The Labute approximate surface area is 458 Å². The van der Waals surface area contributed by atoms with Crippen LogP contribution in [0.4, 0.5) is 9.59 Å². The molecule has 412 valence electrons. The highest BCUT2D eigenvalue weighted by Crippen LogP contribution is 2.48. The molecule has 0 saturated carbocycles. The molecule has 5 unspecified atom stereocenters. The maximum atomic E-state index is 14.3. The lowest BCUT2D eigenvalue weighted by atomic mass is 9.95. The summed E-state index contributed by atoms with van der Waals surface area (Å²) in [5.74, 6) is -4.62. The van der Waals surface area contributed by atoms with Crippen molar-refractivity contribution in [3.05, 3.63) is 167 Å². The largest absolute Gasteiger partial charge is 0.480 e. The van der Waals surface area contributed by atoms with E-state index in [1.54, 1.807) is 59.9 Å². The normalized spacial score (nSPS) is 21.2. The maximum absolute atomic E-state index is 14.3. The van der Waals surface area contributed by atoms with Gasteiger partial charge in [0.05, 0.1) is 13.1 Å². The molecule has 4 aliphatic rings. The third kappa shape index (κ3) is 10.9. The molecule has 2 aliphatic heterocycles. The van der Waals surface area contributed by atoms with Crippen molar-refractivity contribution in [3.8, 4) is 22.3 Å². The minimum Gasteiger partial charge on any atom is -0.480 e. The Morgan fingerprint density at radius 1 is 0.582 bits per heavy atom. The first-order valence-electron chi connectivity index (χ1n) is 26.6. The van der Waals surface area contributed by atoms with Crippen LogP contribution in [0, 0.1) is 0 Å². The van der Waals surface area contributed by atoms with Crippen LogP contribution in [0.5, 0.6) is 0 Å². The van der Waals surface area contributed by atoms with E-state index < -0.39 is 76.3 Å². The number of hydrogen-bond acceptors (Lipinski definition) is 12. The number of amides is 2. The van der Waals surface area contributed by atoms with E-state index in [4.69, 9.17) is 18.9 Å². The Kier molecular flexibility index (Phi) is 14.5. The summed E-state index contributed by atoms with van der Waals surface area (Å²) in [5.41, 5.74) is 4.91. The first-order valence-corrected chi connectivity index (χ1v) is 26.6. The van der Waals surface area contributed by atoms with E-state index in [9.17, 15) is 39.0 Å². The van der Waals surface area contributed by atoms with E-state index in [1.807, 2.05) is 114 Å². The Balaban J connectivity index is 0.858. The van der Waals surface area contributed by atoms with Crippen molar-refractivity contribution in [1.29, 1.82) is 0 Å². The number of nitrogens with one attached hydrogen (secondary N) is 3. The van der Waals surface area contributed by atoms with Crippen LogP contribution in [-0.4, -0.2) is 126 Å². The third-order valence-electron chi connectivity index (χ3n) is 15.4. The van der Waals surface area contributed by atoms with Gasteiger partial charge in [-0.2, -0.15) is 0 Å². The number of aromatic amines is 1. The van der Waals surface area contributed by atoms with Gasteiger partial charge in [-0.1, -0.05) is 91.0 Å². The van der Waals surface area contributed by atoms with Crippen molar-refractivity contribution in [1.82, 2.24) is 30.0 Å². The van der Waals surface area contributed by atoms with Gasteiger partial charge in [-0.15, -0.1) is 0 Å². The van der Waals surface area contributed by atoms with Crippen LogP contribution in [0.15, 0.2) is 128 Å². The van der Waals surface area contributed by atoms with Crippen LogP contribution in [0.25, 0.3) is 22.3 Å². The second-order valence-corrected chi connectivity index (χ2v) is 23.0. The van der Waals surface area contributed by atoms with E-state index in [2.05, 4.69) is 15.6 Å². The molecule has 18 heteroatoms. The van der Waals surface area contributed by atoms with E-state index in [1.165, 1.54) is 4.90 Å². The number of rotatable bonds is 16. The average Bonchev–Trinajstić information content (AvgIpc) is 4.38. The zero-order valence-corrected chi connectivity index (χ0v) is 45.1. The standard InChI is InChI=1S/C61H66N6O12/c1-58(2,3)78-52(68)49-28-60(54(70)71,63-30-38-17-14-26-62-38)35-66(49)57(75)77-34-48-44-23-11-12-24-45(44)51-37(16-13-25-46(48)51)32-65-27-15-18-39(65)31-64-61(55(72)73)29-50(53(69)79-59(4,5)6)67(36-61)56(74)76-33-47-42-21-9-7-19-40(42)41-20-8-10-22-43(41)47/h7-27,47-50,62-64H,28-36H2,1-6H3,(H,70,71)(H,72,73). The Hall–Kier alpha value is -8.22. The summed E-state index contributed by atoms with van der Waals surface area (Å²) in [5, 5.41) is 28.0. The van der Waals surface area contributed by atoms with Crippen molar-refractivity contribution in [2.45, 2.75) is 120 Å². The molecule has 6 aromatic rings. The molecule has 5 atom stereocenters. The summed E-state index contributed by atoms with van der Waals surface area (Å²) in [4.78, 5) is 88.0. The zero-order valence-electron chi connectivity index (χ0n) is 45.1. The van der Waals surface area contributed by atoms with Crippen LogP contribution in [0.3, 0.4) is 0 Å². The Morgan fingerprint density at radius 3 is 1.57 bits per heavy atom. The number of nitrogens with zero attached hydrogens (tertiary/aromatic N) is 3. The average molecular weight is 1080 g/mol. The number of likely N-dealkylation sites (tertiary alicyclic amines) is 2. The number of benzene rings is 4.